The quantitative estimate of drug-likeness (QED) is 0.0890. The number of aliphatic hydroxyl groups excluding tert-OH is 2. The molecule has 2 aliphatic heterocycles. The Bertz CT molecular complexity index is 6650. The minimum absolute atomic E-state index is 0.0780. The standard InChI is InChI=1S/C110H114N8O2/c1-103(2,3)67-41-63(42-68(49-67)104(4,5)6)93-83-37-33-79(111-83)91(61-29-25-59(57-119)26-30-61)80-34-38-84(112-80)95(65-45-71(107(13,14)15)51-72(46-65)108(16,17)18)89-55-77-78-56-90-96(66-47-73(109(19,20)21)52-74(48-66)110(22,23)24)86-40-36-82(114-86)92(62-31-27-60(58-120)28-32-62)81-35-39-85(113-81)94(64-43-69(105(7,8)9)50-70(44-64)106(10,11)12)88-54-76-75-53-87(93)115-99(75)97(101(77)117-89)98(100(76)116-88)102(78)118-90/h25-56,111,113,117-120H,57-58H2,1-24H3. The van der Waals surface area contributed by atoms with E-state index in [-0.39, 0.29) is 56.5 Å². The van der Waals surface area contributed by atoms with Gasteiger partial charge in [-0.2, -0.15) is 0 Å². The SMILES string of the molecule is CC(C)(C)c1cc(-c2c3nc(c(-c4ccc(CO)cc4)c4ccc([nH]4)c(-c4cc(C(C)(C)C)cc(C(C)(C)C)c4)c4cc5c6cc7nc6c6c8[nH]c(cc8c8cc2[nH]c8c6c5n4)c(-c2cc(C(C)(C)C)cc(C(C)(C)C)c2)c2nc(c(-c4ccc(CO)cc4)c4ccc([nH]4)c7-c4cc(C(C)(C)C)cc(C(C)(C)C)c4)C=C2)C=C3)cc(C(C)(C)C)c1. The number of H-pyrrole nitrogens is 4. The molecule has 0 amide bonds. The highest BCUT2D eigenvalue weighted by atomic mass is 16.3. The molecular weight excluding hydrogens is 1470 g/mol. The minimum Gasteiger partial charge on any atom is -0.392 e. The number of benzene rings is 8. The zero-order chi connectivity index (χ0) is 85.1. The molecule has 0 fully saturated rings. The summed E-state index contributed by atoms with van der Waals surface area (Å²) in [5.41, 5.74) is 35.3. The monoisotopic (exact) mass is 1580 g/mol. The van der Waals surface area contributed by atoms with Crippen molar-refractivity contribution < 1.29 is 10.2 Å². The third-order valence-electron chi connectivity index (χ3n) is 25.4. The fraction of sp³-hybridized carbons (Fsp3) is 0.309. The van der Waals surface area contributed by atoms with E-state index < -0.39 is 0 Å². The van der Waals surface area contributed by atoms with Gasteiger partial charge in [0.15, 0.2) is 0 Å². The number of aromatic nitrogens is 8. The molecule has 10 nitrogen and oxygen atoms in total. The van der Waals surface area contributed by atoms with Crippen molar-refractivity contribution in [2.45, 2.75) is 223 Å². The lowest BCUT2D eigenvalue weighted by Crippen LogP contribution is -2.16. The van der Waals surface area contributed by atoms with Crippen LogP contribution in [0.15, 0.2) is 170 Å². The lowest BCUT2D eigenvalue weighted by molar-refractivity contribution is 0.281. The number of aliphatic hydroxyl groups is 2. The summed E-state index contributed by atoms with van der Waals surface area (Å²) in [6.07, 6.45) is 8.84. The van der Waals surface area contributed by atoms with Crippen LogP contribution < -0.4 is 0 Å². The molecule has 6 N–H and O–H groups in total. The van der Waals surface area contributed by atoms with E-state index in [0.29, 0.717) is 0 Å². The molecule has 0 saturated heterocycles. The molecule has 16 bridgehead atoms. The Morgan fingerprint density at radius 2 is 0.475 bits per heavy atom. The van der Waals surface area contributed by atoms with Crippen molar-refractivity contribution in [2.24, 2.45) is 0 Å². The van der Waals surface area contributed by atoms with Crippen molar-refractivity contribution in [3.63, 3.8) is 0 Å². The van der Waals surface area contributed by atoms with Gasteiger partial charge in [-0.1, -0.05) is 287 Å². The molecule has 0 atom stereocenters. The minimum atomic E-state index is -0.223. The summed E-state index contributed by atoms with van der Waals surface area (Å²) >= 11 is 0. The molecule has 120 heavy (non-hydrogen) atoms. The molecule has 8 aromatic heterocycles. The lowest BCUT2D eigenvalue weighted by atomic mass is 9.78. The van der Waals surface area contributed by atoms with Gasteiger partial charge < -0.3 is 30.1 Å². The lowest BCUT2D eigenvalue weighted by Gasteiger charge is -2.26. The summed E-state index contributed by atoms with van der Waals surface area (Å²) in [6, 6.07) is 64.0. The van der Waals surface area contributed by atoms with Crippen molar-refractivity contribution in [3.05, 3.63) is 248 Å². The first-order valence-electron chi connectivity index (χ1n) is 42.9. The van der Waals surface area contributed by atoms with Crippen molar-refractivity contribution in [3.8, 4) is 66.8 Å². The van der Waals surface area contributed by atoms with E-state index >= 15 is 0 Å². The van der Waals surface area contributed by atoms with Crippen LogP contribution in [0.4, 0.5) is 0 Å². The molecule has 10 heteroatoms. The number of hydrogen-bond acceptors (Lipinski definition) is 6. The Morgan fingerprint density at radius 1 is 0.233 bits per heavy atom. The number of aromatic amines is 4. The molecule has 16 aromatic rings. The van der Waals surface area contributed by atoms with Gasteiger partial charge in [0.2, 0.25) is 0 Å². The van der Waals surface area contributed by atoms with E-state index in [1.165, 1.54) is 44.5 Å². The van der Waals surface area contributed by atoms with Gasteiger partial charge in [-0.3, -0.25) is 0 Å². The third kappa shape index (κ3) is 13.8. The summed E-state index contributed by atoms with van der Waals surface area (Å²) in [5.74, 6) is 0. The predicted octanol–water partition coefficient (Wildman–Crippen LogP) is 29.0. The summed E-state index contributed by atoms with van der Waals surface area (Å²) in [7, 11) is 0. The maximum Gasteiger partial charge on any atom is 0.0818 e. The molecule has 0 radical (unpaired) electrons. The Kier molecular flexibility index (Phi) is 18.2. The molecule has 2 aliphatic rings. The number of fused-ring (bicyclic) bond motifs is 14. The first kappa shape index (κ1) is 79.6. The number of rotatable bonds is 8. The number of nitrogens with zero attached hydrogens (tertiary/aromatic N) is 4. The second-order valence-electron chi connectivity index (χ2n) is 42.7. The first-order chi connectivity index (χ1) is 56.3. The highest BCUT2D eigenvalue weighted by Crippen LogP contribution is 2.52. The second kappa shape index (κ2) is 27.5. The van der Waals surface area contributed by atoms with Crippen LogP contribution in [0.5, 0.6) is 0 Å². The maximum atomic E-state index is 10.6. The first-order valence-corrected chi connectivity index (χ1v) is 42.9. The van der Waals surface area contributed by atoms with Crippen molar-refractivity contribution in [1.82, 2.24) is 39.9 Å². The van der Waals surface area contributed by atoms with E-state index in [9.17, 15) is 10.2 Å². The Labute approximate surface area is 706 Å². The zero-order valence-electron chi connectivity index (χ0n) is 74.6. The van der Waals surface area contributed by atoms with Crippen molar-refractivity contribution in [2.75, 3.05) is 0 Å². The van der Waals surface area contributed by atoms with E-state index in [2.05, 4.69) is 356 Å². The third-order valence-corrected chi connectivity index (χ3v) is 25.4. The summed E-state index contributed by atoms with van der Waals surface area (Å²) in [4.78, 5) is 41.7. The van der Waals surface area contributed by atoms with Crippen molar-refractivity contribution in [1.29, 1.82) is 0 Å². The second-order valence-corrected chi connectivity index (χ2v) is 42.7. The van der Waals surface area contributed by atoms with Gasteiger partial charge in [0.05, 0.1) is 69.1 Å². The van der Waals surface area contributed by atoms with Gasteiger partial charge in [-0.25, -0.2) is 19.9 Å². The summed E-state index contributed by atoms with van der Waals surface area (Å²) in [6.45, 7) is 55.4. The van der Waals surface area contributed by atoms with Crippen LogP contribution in [0.1, 0.15) is 245 Å². The fourth-order valence-electron chi connectivity index (χ4n) is 18.0. The molecule has 10 heterocycles. The Balaban J connectivity index is 1.15. The van der Waals surface area contributed by atoms with Crippen LogP contribution in [0.25, 0.3) is 190 Å². The van der Waals surface area contributed by atoms with Gasteiger partial charge >= 0.3 is 0 Å². The van der Waals surface area contributed by atoms with Gasteiger partial charge in [0.25, 0.3) is 0 Å². The fourth-order valence-corrected chi connectivity index (χ4v) is 18.0. The van der Waals surface area contributed by atoms with Crippen LogP contribution in [-0.4, -0.2) is 50.1 Å². The van der Waals surface area contributed by atoms with Gasteiger partial charge in [-0.05, 0) is 205 Å². The van der Waals surface area contributed by atoms with Gasteiger partial charge in [-0.15, -0.1) is 0 Å². The van der Waals surface area contributed by atoms with Crippen molar-refractivity contribution >= 4 is 123 Å². The average molecular weight is 1580 g/mol. The molecule has 0 unspecified atom stereocenters. The van der Waals surface area contributed by atoms with Gasteiger partial charge in [0, 0.05) is 98.8 Å². The molecule has 8 aromatic carbocycles. The number of nitrogens with one attached hydrogen (secondary N) is 4. The Morgan fingerprint density at radius 3 is 0.725 bits per heavy atom. The van der Waals surface area contributed by atoms with Crippen LogP contribution in [0.2, 0.25) is 0 Å². The number of hydrogen-bond donors (Lipinski definition) is 6. The molecule has 0 saturated carbocycles. The topological polar surface area (TPSA) is 155 Å². The smallest absolute Gasteiger partial charge is 0.0818 e. The molecular formula is C110H114N8O2. The summed E-state index contributed by atoms with van der Waals surface area (Å²) in [5, 5.41) is 27.1. The zero-order valence-corrected chi connectivity index (χ0v) is 74.6. The average Bonchev–Trinajstić information content (AvgIpc) is 1.52. The normalized spacial score (nSPS) is 13.6. The molecule has 0 aliphatic carbocycles. The molecule has 606 valence electrons. The largest absolute Gasteiger partial charge is 0.392 e. The van der Waals surface area contributed by atoms with Gasteiger partial charge in [0.1, 0.15) is 0 Å². The van der Waals surface area contributed by atoms with Crippen LogP contribution in [0, 0.1) is 0 Å². The van der Waals surface area contributed by atoms with E-state index in [1.807, 2.05) is 24.3 Å². The molecule has 0 spiro atoms. The summed E-state index contributed by atoms with van der Waals surface area (Å²) < 4.78 is 0. The van der Waals surface area contributed by atoms with Crippen LogP contribution in [0.3, 0.4) is 0 Å². The highest BCUT2D eigenvalue weighted by molar-refractivity contribution is 6.39. The maximum absolute atomic E-state index is 10.6. The van der Waals surface area contributed by atoms with E-state index in [1.54, 1.807) is 0 Å². The highest BCUT2D eigenvalue weighted by Gasteiger charge is 2.33. The molecule has 18 rings (SSSR count). The van der Waals surface area contributed by atoms with E-state index in [4.69, 9.17) is 19.9 Å². The Hall–Kier alpha value is -11.6. The van der Waals surface area contributed by atoms with Crippen LogP contribution >= 0.6 is 0 Å². The van der Waals surface area contributed by atoms with Crippen LogP contribution in [-0.2, 0) is 56.5 Å². The predicted molar refractivity (Wildman–Crippen MR) is 511 cm³/mol. The van der Waals surface area contributed by atoms with E-state index in [0.717, 1.165) is 199 Å².